The molecule has 2 aromatic rings. The van der Waals surface area contributed by atoms with Crippen LogP contribution in [0.25, 0.3) is 0 Å². The Morgan fingerprint density at radius 2 is 1.97 bits per heavy atom. The number of hydrogen-bond acceptors (Lipinski definition) is 4. The summed E-state index contributed by atoms with van der Waals surface area (Å²) in [6.07, 6.45) is -3.08. The van der Waals surface area contributed by atoms with Gasteiger partial charge in [0.05, 0.1) is 18.7 Å². The molecule has 0 bridgehead atoms. The zero-order chi connectivity index (χ0) is 22.9. The Kier molecular flexibility index (Phi) is 6.44. The monoisotopic (exact) mass is 447 g/mol. The lowest BCUT2D eigenvalue weighted by Crippen LogP contribution is -2.45. The molecule has 3 atom stereocenters. The molecule has 8 heteroatoms. The minimum absolute atomic E-state index is 0.124. The Labute approximate surface area is 185 Å². The smallest absolute Gasteiger partial charge is 0.396 e. The number of ether oxygens (including phenoxy) is 1. The number of rotatable bonds is 5. The second-order valence-corrected chi connectivity index (χ2v) is 8.45. The number of alkyl halides is 3. The molecule has 172 valence electrons. The van der Waals surface area contributed by atoms with Crippen molar-refractivity contribution in [3.8, 4) is 5.75 Å². The number of carbonyl (C=O) groups excluding carboxylic acids is 1. The minimum atomic E-state index is -4.49. The Balaban J connectivity index is 1.62. The van der Waals surface area contributed by atoms with E-state index in [0.29, 0.717) is 17.9 Å². The largest absolute Gasteiger partial charge is 0.496 e. The summed E-state index contributed by atoms with van der Waals surface area (Å²) in [5.74, 6) is -1.88. The van der Waals surface area contributed by atoms with Gasteiger partial charge in [0.15, 0.2) is 0 Å². The highest BCUT2D eigenvalue weighted by Gasteiger charge is 2.47. The average Bonchev–Trinajstić information content (AvgIpc) is 2.79. The number of fused-ring (bicyclic) bond motifs is 1. The van der Waals surface area contributed by atoms with Crippen molar-refractivity contribution in [1.29, 1.82) is 0 Å². The summed E-state index contributed by atoms with van der Waals surface area (Å²) >= 11 is 0. The molecule has 0 aromatic heterocycles. The van der Waals surface area contributed by atoms with E-state index in [9.17, 15) is 18.0 Å². The van der Waals surface area contributed by atoms with E-state index in [-0.39, 0.29) is 23.3 Å². The van der Waals surface area contributed by atoms with Crippen molar-refractivity contribution in [3.05, 3.63) is 59.2 Å². The molecule has 1 amide bonds. The summed E-state index contributed by atoms with van der Waals surface area (Å²) in [5, 5.41) is 7.09. The second-order valence-electron chi connectivity index (χ2n) is 8.45. The molecule has 4 rings (SSSR count). The normalized spacial score (nSPS) is 23.7. The molecular weight excluding hydrogens is 419 g/mol. The summed E-state index contributed by atoms with van der Waals surface area (Å²) in [6.45, 7) is 1.29. The first-order chi connectivity index (χ1) is 15.3. The van der Waals surface area contributed by atoms with Gasteiger partial charge in [-0.2, -0.15) is 13.2 Å². The summed E-state index contributed by atoms with van der Waals surface area (Å²) in [6, 6.07) is 13.5. The molecule has 0 spiro atoms. The van der Waals surface area contributed by atoms with Crippen LogP contribution in [0.2, 0.25) is 0 Å². The van der Waals surface area contributed by atoms with Crippen molar-refractivity contribution in [2.24, 2.45) is 0 Å². The van der Waals surface area contributed by atoms with Gasteiger partial charge in [-0.3, -0.25) is 4.79 Å². The fourth-order valence-electron chi connectivity index (χ4n) is 4.74. The fourth-order valence-corrected chi connectivity index (χ4v) is 4.74. The van der Waals surface area contributed by atoms with Crippen LogP contribution in [0.4, 0.5) is 18.9 Å². The summed E-state index contributed by atoms with van der Waals surface area (Å²) in [5.41, 5.74) is 2.21. The van der Waals surface area contributed by atoms with E-state index in [1.54, 1.807) is 12.1 Å². The summed E-state index contributed by atoms with van der Waals surface area (Å²) in [4.78, 5) is 13.5. The van der Waals surface area contributed by atoms with Gasteiger partial charge in [-0.05, 0) is 36.6 Å². The van der Waals surface area contributed by atoms with Crippen LogP contribution in [0.5, 0.6) is 5.75 Å². The standard InChI is InChI=1S/C24H28F3N3O2/c1-30-20-13-21(32-2)16(11-17(20)18(12-22(30)31)24(25,26)27)14-29-19-9-6-10-28-23(19)15-7-4-3-5-8-15/h3-5,7-8,11,13,18-19,23,28-29H,6,9-10,12,14H2,1-2H3/t18?,19-,23-/m0/s1. The quantitative estimate of drug-likeness (QED) is 0.718. The van der Waals surface area contributed by atoms with Crippen LogP contribution in [-0.2, 0) is 11.3 Å². The molecule has 0 saturated carbocycles. The highest BCUT2D eigenvalue weighted by atomic mass is 19.4. The third-order valence-corrected chi connectivity index (χ3v) is 6.49. The van der Waals surface area contributed by atoms with Crippen LogP contribution in [-0.4, -0.2) is 38.8 Å². The van der Waals surface area contributed by atoms with E-state index >= 15 is 0 Å². The highest BCUT2D eigenvalue weighted by Crippen LogP contribution is 2.46. The van der Waals surface area contributed by atoms with Crippen molar-refractivity contribution in [2.45, 2.75) is 50.0 Å². The lowest BCUT2D eigenvalue weighted by Gasteiger charge is -2.35. The number of amides is 1. The Bertz CT molecular complexity index is 965. The SMILES string of the molecule is COc1cc2c(cc1CN[C@H]1CCCN[C@H]1c1ccccc1)C(C(F)(F)F)CC(=O)N2C. The van der Waals surface area contributed by atoms with Gasteiger partial charge in [-0.25, -0.2) is 0 Å². The topological polar surface area (TPSA) is 53.6 Å². The molecule has 2 aliphatic heterocycles. The van der Waals surface area contributed by atoms with Gasteiger partial charge < -0.3 is 20.3 Å². The first-order valence-corrected chi connectivity index (χ1v) is 10.9. The van der Waals surface area contributed by atoms with Crippen molar-refractivity contribution in [3.63, 3.8) is 0 Å². The van der Waals surface area contributed by atoms with Gasteiger partial charge in [0.25, 0.3) is 0 Å². The zero-order valence-electron chi connectivity index (χ0n) is 18.2. The molecule has 0 radical (unpaired) electrons. The third kappa shape index (κ3) is 4.47. The molecular formula is C24H28F3N3O2. The van der Waals surface area contributed by atoms with Crippen LogP contribution in [0.3, 0.4) is 0 Å². The van der Waals surface area contributed by atoms with Crippen LogP contribution in [0, 0.1) is 0 Å². The predicted octanol–water partition coefficient (Wildman–Crippen LogP) is 4.29. The maximum Gasteiger partial charge on any atom is 0.396 e. The maximum atomic E-state index is 13.7. The van der Waals surface area contributed by atoms with Crippen molar-refractivity contribution in [1.82, 2.24) is 10.6 Å². The zero-order valence-corrected chi connectivity index (χ0v) is 18.2. The van der Waals surface area contributed by atoms with Crippen LogP contribution in [0.1, 0.15) is 47.9 Å². The molecule has 0 aliphatic carbocycles. The first-order valence-electron chi connectivity index (χ1n) is 10.9. The Hall–Kier alpha value is -2.58. The lowest BCUT2D eigenvalue weighted by atomic mass is 9.87. The van der Waals surface area contributed by atoms with Crippen LogP contribution < -0.4 is 20.3 Å². The van der Waals surface area contributed by atoms with E-state index in [2.05, 4.69) is 22.8 Å². The van der Waals surface area contributed by atoms with E-state index < -0.39 is 24.4 Å². The first kappa shape index (κ1) is 22.6. The minimum Gasteiger partial charge on any atom is -0.496 e. The molecule has 5 nitrogen and oxygen atoms in total. The second kappa shape index (κ2) is 9.11. The fraction of sp³-hybridized carbons (Fsp3) is 0.458. The molecule has 2 N–H and O–H groups in total. The van der Waals surface area contributed by atoms with Gasteiger partial charge in [0.2, 0.25) is 5.91 Å². The van der Waals surface area contributed by atoms with Gasteiger partial charge in [-0.15, -0.1) is 0 Å². The van der Waals surface area contributed by atoms with Crippen LogP contribution in [0.15, 0.2) is 42.5 Å². The number of halogens is 3. The number of hydrogen-bond donors (Lipinski definition) is 2. The number of nitrogens with one attached hydrogen (secondary N) is 2. The Morgan fingerprint density at radius 1 is 1.22 bits per heavy atom. The summed E-state index contributed by atoms with van der Waals surface area (Å²) < 4.78 is 46.7. The third-order valence-electron chi connectivity index (χ3n) is 6.49. The summed E-state index contributed by atoms with van der Waals surface area (Å²) in [7, 11) is 3.00. The molecule has 1 saturated heterocycles. The van der Waals surface area contributed by atoms with Crippen molar-refractivity contribution in [2.75, 3.05) is 25.6 Å². The van der Waals surface area contributed by atoms with Crippen molar-refractivity contribution >= 4 is 11.6 Å². The lowest BCUT2D eigenvalue weighted by molar-refractivity contribution is -0.157. The molecule has 2 aliphatic rings. The Morgan fingerprint density at radius 3 is 2.66 bits per heavy atom. The van der Waals surface area contributed by atoms with E-state index in [1.165, 1.54) is 24.6 Å². The molecule has 2 aromatic carbocycles. The number of benzene rings is 2. The predicted molar refractivity (Wildman–Crippen MR) is 117 cm³/mol. The van der Waals surface area contributed by atoms with E-state index in [1.807, 2.05) is 18.2 Å². The molecule has 2 heterocycles. The van der Waals surface area contributed by atoms with Gasteiger partial charge >= 0.3 is 6.18 Å². The van der Waals surface area contributed by atoms with Crippen LogP contribution >= 0.6 is 0 Å². The molecule has 1 fully saturated rings. The van der Waals surface area contributed by atoms with Gasteiger partial charge in [0, 0.05) is 43.7 Å². The maximum absolute atomic E-state index is 13.7. The van der Waals surface area contributed by atoms with Gasteiger partial charge in [-0.1, -0.05) is 30.3 Å². The highest BCUT2D eigenvalue weighted by molar-refractivity contribution is 5.97. The molecule has 1 unspecified atom stereocenters. The van der Waals surface area contributed by atoms with Crippen molar-refractivity contribution < 1.29 is 22.7 Å². The molecule has 32 heavy (non-hydrogen) atoms. The number of piperidine rings is 1. The van der Waals surface area contributed by atoms with E-state index in [0.717, 1.165) is 19.4 Å². The van der Waals surface area contributed by atoms with E-state index in [4.69, 9.17) is 4.74 Å². The van der Waals surface area contributed by atoms with Gasteiger partial charge in [0.1, 0.15) is 5.75 Å². The number of anilines is 1. The number of methoxy groups -OCH3 is 1. The number of carbonyl (C=O) groups is 1. The number of nitrogens with zero attached hydrogens (tertiary/aromatic N) is 1. The average molecular weight is 448 g/mol.